The number of likely N-dealkylation sites (tertiary alicyclic amines) is 1. The van der Waals surface area contributed by atoms with E-state index in [-0.39, 0.29) is 0 Å². The summed E-state index contributed by atoms with van der Waals surface area (Å²) in [5, 5.41) is 13.1. The maximum absolute atomic E-state index is 10.5. The summed E-state index contributed by atoms with van der Waals surface area (Å²) < 4.78 is 2.02. The van der Waals surface area contributed by atoms with E-state index >= 15 is 0 Å². The number of nitrogens with zero attached hydrogens (tertiary/aromatic N) is 3. The van der Waals surface area contributed by atoms with E-state index in [9.17, 15) is 4.79 Å². The molecule has 0 unspecified atom stereocenters. The Morgan fingerprint density at radius 1 is 1.28 bits per heavy atom. The highest BCUT2D eigenvalue weighted by Crippen LogP contribution is 2.31. The number of benzene rings is 1. The molecule has 0 amide bonds. The highest BCUT2D eigenvalue weighted by atomic mass is 16.4. The average molecular weight is 339 g/mol. The summed E-state index contributed by atoms with van der Waals surface area (Å²) in [5.74, 6) is -0.898. The summed E-state index contributed by atoms with van der Waals surface area (Å²) in [6.07, 6.45) is 8.00. The van der Waals surface area contributed by atoms with Gasteiger partial charge >= 0.3 is 5.97 Å². The van der Waals surface area contributed by atoms with Crippen LogP contribution in [0.5, 0.6) is 0 Å². The van der Waals surface area contributed by atoms with Gasteiger partial charge in [0.05, 0.1) is 12.2 Å². The lowest BCUT2D eigenvalue weighted by molar-refractivity contribution is -0.131. The van der Waals surface area contributed by atoms with Crippen LogP contribution in [-0.2, 0) is 17.8 Å². The summed E-state index contributed by atoms with van der Waals surface area (Å²) in [7, 11) is 0. The Morgan fingerprint density at radius 2 is 2.08 bits per heavy atom. The lowest BCUT2D eigenvalue weighted by atomic mass is 10.0. The normalized spacial score (nSPS) is 18.2. The summed E-state index contributed by atoms with van der Waals surface area (Å²) in [6.45, 7) is 5.08. The Bertz CT molecular complexity index is 734. The fourth-order valence-corrected chi connectivity index (χ4v) is 3.46. The molecule has 2 aromatic rings. The van der Waals surface area contributed by atoms with Crippen molar-refractivity contribution in [3.63, 3.8) is 0 Å². The highest BCUT2D eigenvalue weighted by Gasteiger charge is 2.25. The first-order valence-electron chi connectivity index (χ1n) is 8.84. The van der Waals surface area contributed by atoms with E-state index in [0.29, 0.717) is 12.5 Å². The van der Waals surface area contributed by atoms with Crippen LogP contribution in [-0.4, -0.2) is 38.8 Å². The first kappa shape index (κ1) is 17.4. The minimum atomic E-state index is -0.898. The molecule has 1 aliphatic rings. The molecule has 5 nitrogen and oxygen atoms in total. The van der Waals surface area contributed by atoms with Crippen LogP contribution in [0.2, 0.25) is 0 Å². The number of aliphatic carboxylic acids is 1. The zero-order chi connectivity index (χ0) is 17.6. The van der Waals surface area contributed by atoms with E-state index in [4.69, 9.17) is 5.11 Å². The van der Waals surface area contributed by atoms with Gasteiger partial charge in [-0.2, -0.15) is 5.10 Å². The number of carboxylic acid groups (broad SMARTS) is 1. The number of carboxylic acids is 1. The number of aryl methyl sites for hydroxylation is 1. The molecule has 3 rings (SSSR count). The summed E-state index contributed by atoms with van der Waals surface area (Å²) >= 11 is 0. The lowest BCUT2D eigenvalue weighted by Gasteiger charge is -2.25. The summed E-state index contributed by atoms with van der Waals surface area (Å²) in [5.41, 5.74) is 3.54. The van der Waals surface area contributed by atoms with Crippen molar-refractivity contribution in [1.82, 2.24) is 14.7 Å². The van der Waals surface area contributed by atoms with Crippen molar-refractivity contribution >= 4 is 5.97 Å². The first-order valence-corrected chi connectivity index (χ1v) is 8.84. The van der Waals surface area contributed by atoms with E-state index in [1.54, 1.807) is 6.08 Å². The van der Waals surface area contributed by atoms with Gasteiger partial charge in [-0.25, -0.2) is 4.79 Å². The molecular weight excluding hydrogens is 314 g/mol. The van der Waals surface area contributed by atoms with E-state index in [0.717, 1.165) is 30.9 Å². The summed E-state index contributed by atoms with van der Waals surface area (Å²) in [4.78, 5) is 13.1. The van der Waals surface area contributed by atoms with Crippen molar-refractivity contribution in [2.75, 3.05) is 13.1 Å². The maximum atomic E-state index is 10.5. The van der Waals surface area contributed by atoms with Gasteiger partial charge in [-0.3, -0.25) is 9.58 Å². The molecule has 1 aliphatic heterocycles. The standard InChI is InChI=1S/C20H25N3O2/c1-16-11-13-23(21-16)15-14-22-12-3-5-19(22)18-9-7-17(8-10-18)4-2-6-20(24)25/h2,6-11,13,19H,3-5,12,14-15H2,1H3,(H,24,25)/b6-2+/t19-/m0/s1. The van der Waals surface area contributed by atoms with Gasteiger partial charge in [0.25, 0.3) is 0 Å². The molecule has 0 spiro atoms. The van der Waals surface area contributed by atoms with Crippen molar-refractivity contribution in [2.45, 2.75) is 38.8 Å². The number of carbonyl (C=O) groups is 1. The van der Waals surface area contributed by atoms with Gasteiger partial charge in [0.1, 0.15) is 0 Å². The third-order valence-corrected chi connectivity index (χ3v) is 4.73. The Kier molecular flexibility index (Phi) is 5.66. The minimum absolute atomic E-state index is 0.472. The van der Waals surface area contributed by atoms with Gasteiger partial charge < -0.3 is 5.11 Å². The molecule has 1 aromatic heterocycles. The molecule has 0 aliphatic carbocycles. The van der Waals surface area contributed by atoms with Gasteiger partial charge in [0.15, 0.2) is 0 Å². The van der Waals surface area contributed by atoms with Gasteiger partial charge in [-0.05, 0) is 49.9 Å². The quantitative estimate of drug-likeness (QED) is 0.787. The monoisotopic (exact) mass is 339 g/mol. The first-order chi connectivity index (χ1) is 12.1. The molecule has 0 radical (unpaired) electrons. The molecule has 25 heavy (non-hydrogen) atoms. The van der Waals surface area contributed by atoms with Crippen LogP contribution < -0.4 is 0 Å². The average Bonchev–Trinajstić information content (AvgIpc) is 3.22. The molecule has 1 aromatic carbocycles. The Labute approximate surface area is 148 Å². The maximum Gasteiger partial charge on any atom is 0.327 e. The van der Waals surface area contributed by atoms with E-state index in [1.807, 2.05) is 23.9 Å². The van der Waals surface area contributed by atoms with Gasteiger partial charge in [0.2, 0.25) is 0 Å². The van der Waals surface area contributed by atoms with Crippen LogP contribution in [0.15, 0.2) is 48.7 Å². The van der Waals surface area contributed by atoms with Crippen LogP contribution in [0.4, 0.5) is 0 Å². The molecule has 2 heterocycles. The van der Waals surface area contributed by atoms with Crippen molar-refractivity contribution in [2.24, 2.45) is 0 Å². The number of allylic oxidation sites excluding steroid dienone is 1. The number of rotatable bonds is 7. The molecule has 1 fully saturated rings. The van der Waals surface area contributed by atoms with E-state index in [1.165, 1.54) is 24.5 Å². The smallest absolute Gasteiger partial charge is 0.327 e. The molecule has 1 saturated heterocycles. The van der Waals surface area contributed by atoms with Crippen LogP contribution in [0.3, 0.4) is 0 Å². The van der Waals surface area contributed by atoms with Crippen molar-refractivity contribution in [3.05, 3.63) is 65.5 Å². The molecular formula is C20H25N3O2. The van der Waals surface area contributed by atoms with Crippen molar-refractivity contribution < 1.29 is 9.90 Å². The van der Waals surface area contributed by atoms with Crippen molar-refractivity contribution in [3.8, 4) is 0 Å². The Morgan fingerprint density at radius 3 is 2.76 bits per heavy atom. The second-order valence-electron chi connectivity index (χ2n) is 6.60. The SMILES string of the molecule is Cc1ccn(CCN2CCC[C@H]2c2ccc(C/C=C/C(=O)O)cc2)n1. The molecule has 0 saturated carbocycles. The Balaban J connectivity index is 1.58. The van der Waals surface area contributed by atoms with Gasteiger partial charge in [-0.15, -0.1) is 0 Å². The third-order valence-electron chi connectivity index (χ3n) is 4.73. The lowest BCUT2D eigenvalue weighted by Crippen LogP contribution is -2.27. The molecule has 132 valence electrons. The third kappa shape index (κ3) is 4.79. The topological polar surface area (TPSA) is 58.4 Å². The van der Waals surface area contributed by atoms with Gasteiger partial charge in [-0.1, -0.05) is 30.3 Å². The minimum Gasteiger partial charge on any atom is -0.478 e. The second kappa shape index (κ2) is 8.12. The molecule has 1 atom stereocenters. The predicted octanol–water partition coefficient (Wildman–Crippen LogP) is 3.21. The van der Waals surface area contributed by atoms with E-state index in [2.05, 4.69) is 34.3 Å². The van der Waals surface area contributed by atoms with Crippen molar-refractivity contribution in [1.29, 1.82) is 0 Å². The number of aromatic nitrogens is 2. The number of hydrogen-bond donors (Lipinski definition) is 1. The van der Waals surface area contributed by atoms with Crippen LogP contribution >= 0.6 is 0 Å². The van der Waals surface area contributed by atoms with Crippen LogP contribution in [0, 0.1) is 6.92 Å². The van der Waals surface area contributed by atoms with Crippen LogP contribution in [0.25, 0.3) is 0 Å². The molecule has 0 bridgehead atoms. The summed E-state index contributed by atoms with van der Waals surface area (Å²) in [6, 6.07) is 11.1. The Hall–Kier alpha value is -2.40. The van der Waals surface area contributed by atoms with E-state index < -0.39 is 5.97 Å². The van der Waals surface area contributed by atoms with Crippen LogP contribution in [0.1, 0.15) is 35.7 Å². The number of hydrogen-bond acceptors (Lipinski definition) is 3. The zero-order valence-electron chi connectivity index (χ0n) is 14.6. The highest BCUT2D eigenvalue weighted by molar-refractivity contribution is 5.79. The second-order valence-corrected chi connectivity index (χ2v) is 6.60. The zero-order valence-corrected chi connectivity index (χ0v) is 14.6. The largest absolute Gasteiger partial charge is 0.478 e. The fourth-order valence-electron chi connectivity index (χ4n) is 3.46. The predicted molar refractivity (Wildman–Crippen MR) is 97.4 cm³/mol. The fraction of sp³-hybridized carbons (Fsp3) is 0.400. The molecule has 5 heteroatoms. The molecule has 1 N–H and O–H groups in total. The van der Waals surface area contributed by atoms with Gasteiger partial charge in [0, 0.05) is 24.9 Å².